The number of hydrogen-bond donors (Lipinski definition) is 0. The van der Waals surface area contributed by atoms with Crippen molar-refractivity contribution in [3.05, 3.63) is 58.1 Å². The zero-order valence-corrected chi connectivity index (χ0v) is 14.4. The Morgan fingerprint density at radius 2 is 1.96 bits per heavy atom. The van der Waals surface area contributed by atoms with Crippen molar-refractivity contribution < 1.29 is 27.4 Å². The number of halogens is 4. The third kappa shape index (κ3) is 3.89. The molecule has 0 spiro atoms. The standard InChI is InChI=1S/C17H13BrF3NO3/c18-12-8-13(17(19,20)21)15-14(9-12)22(6-7-24-15)16(23)25-10-11-4-2-1-3-5-11/h1-5,8-9H,6-7,10H2. The second-order valence-electron chi connectivity index (χ2n) is 5.34. The van der Waals surface area contributed by atoms with Gasteiger partial charge in [0.25, 0.3) is 0 Å². The fourth-order valence-corrected chi connectivity index (χ4v) is 2.93. The molecule has 8 heteroatoms. The summed E-state index contributed by atoms with van der Waals surface area (Å²) >= 11 is 3.05. The second kappa shape index (κ2) is 6.95. The summed E-state index contributed by atoms with van der Waals surface area (Å²) in [6.07, 6.45) is -5.32. The van der Waals surface area contributed by atoms with Gasteiger partial charge in [0.05, 0.1) is 12.2 Å². The predicted octanol–water partition coefficient (Wildman–Crippen LogP) is 5.00. The molecule has 1 aliphatic heterocycles. The number of fused-ring (bicyclic) bond motifs is 1. The smallest absolute Gasteiger partial charge is 0.420 e. The van der Waals surface area contributed by atoms with Crippen molar-refractivity contribution in [1.29, 1.82) is 0 Å². The van der Waals surface area contributed by atoms with Gasteiger partial charge in [0.1, 0.15) is 18.8 Å². The number of nitrogens with zero attached hydrogens (tertiary/aromatic N) is 1. The van der Waals surface area contributed by atoms with Gasteiger partial charge in [-0.3, -0.25) is 4.90 Å². The number of ether oxygens (including phenoxy) is 2. The minimum absolute atomic E-state index is 0.0333. The maximum Gasteiger partial charge on any atom is 0.420 e. The molecule has 0 aromatic heterocycles. The van der Waals surface area contributed by atoms with Gasteiger partial charge in [-0.1, -0.05) is 46.3 Å². The molecule has 2 aromatic rings. The quantitative estimate of drug-likeness (QED) is 0.692. The fraction of sp³-hybridized carbons (Fsp3) is 0.235. The predicted molar refractivity (Wildman–Crippen MR) is 88.6 cm³/mol. The van der Waals surface area contributed by atoms with Gasteiger partial charge in [0.15, 0.2) is 5.75 Å². The molecule has 4 nitrogen and oxygen atoms in total. The van der Waals surface area contributed by atoms with Crippen LogP contribution < -0.4 is 9.64 Å². The van der Waals surface area contributed by atoms with Crippen LogP contribution in [0.25, 0.3) is 0 Å². The Labute approximate surface area is 150 Å². The van der Waals surface area contributed by atoms with Gasteiger partial charge in [0.2, 0.25) is 0 Å². The lowest BCUT2D eigenvalue weighted by molar-refractivity contribution is -0.139. The molecule has 0 fully saturated rings. The van der Waals surface area contributed by atoms with Crippen molar-refractivity contribution in [1.82, 2.24) is 0 Å². The van der Waals surface area contributed by atoms with Crippen molar-refractivity contribution in [2.24, 2.45) is 0 Å². The van der Waals surface area contributed by atoms with Crippen LogP contribution in [0.2, 0.25) is 0 Å². The lowest BCUT2D eigenvalue weighted by Gasteiger charge is -2.30. The third-order valence-electron chi connectivity index (χ3n) is 3.62. The van der Waals surface area contributed by atoms with Gasteiger partial charge in [-0.15, -0.1) is 0 Å². The molecular formula is C17H13BrF3NO3. The molecule has 25 heavy (non-hydrogen) atoms. The van der Waals surface area contributed by atoms with Crippen LogP contribution in [0.15, 0.2) is 46.9 Å². The van der Waals surface area contributed by atoms with Gasteiger partial charge >= 0.3 is 12.3 Å². The van der Waals surface area contributed by atoms with E-state index in [-0.39, 0.29) is 35.7 Å². The Kier molecular flexibility index (Phi) is 4.89. The van der Waals surface area contributed by atoms with Crippen LogP contribution in [0, 0.1) is 0 Å². The monoisotopic (exact) mass is 415 g/mol. The van der Waals surface area contributed by atoms with Crippen LogP contribution in [0.5, 0.6) is 5.75 Å². The molecule has 0 atom stereocenters. The van der Waals surface area contributed by atoms with Crippen LogP contribution in [-0.2, 0) is 17.5 Å². The summed E-state index contributed by atoms with van der Waals surface area (Å²) in [5.74, 6) is -0.362. The molecule has 0 saturated heterocycles. The average Bonchev–Trinajstić information content (AvgIpc) is 2.58. The first-order valence-corrected chi connectivity index (χ1v) is 8.17. The Balaban J connectivity index is 1.86. The minimum Gasteiger partial charge on any atom is -0.489 e. The number of hydrogen-bond acceptors (Lipinski definition) is 3. The fourth-order valence-electron chi connectivity index (χ4n) is 2.49. The Bertz CT molecular complexity index is 781. The number of alkyl halides is 3. The van der Waals surface area contributed by atoms with E-state index in [9.17, 15) is 18.0 Å². The van der Waals surface area contributed by atoms with Gasteiger partial charge < -0.3 is 9.47 Å². The van der Waals surface area contributed by atoms with Gasteiger partial charge in [-0.05, 0) is 17.7 Å². The summed E-state index contributed by atoms with van der Waals surface area (Å²) in [5.41, 5.74) is -0.113. The largest absolute Gasteiger partial charge is 0.489 e. The molecule has 0 N–H and O–H groups in total. The van der Waals surface area contributed by atoms with E-state index in [1.54, 1.807) is 24.3 Å². The first kappa shape index (κ1) is 17.6. The molecule has 0 bridgehead atoms. The highest BCUT2D eigenvalue weighted by atomic mass is 79.9. The van der Waals surface area contributed by atoms with Crippen LogP contribution in [0.4, 0.5) is 23.7 Å². The van der Waals surface area contributed by atoms with Crippen molar-refractivity contribution in [3.63, 3.8) is 0 Å². The molecule has 2 aromatic carbocycles. The molecule has 132 valence electrons. The van der Waals surface area contributed by atoms with E-state index in [0.29, 0.717) is 0 Å². The number of rotatable bonds is 2. The van der Waals surface area contributed by atoms with Gasteiger partial charge in [-0.2, -0.15) is 13.2 Å². The Hall–Kier alpha value is -2.22. The second-order valence-corrected chi connectivity index (χ2v) is 6.26. The van der Waals surface area contributed by atoms with Crippen LogP contribution in [0.1, 0.15) is 11.1 Å². The highest BCUT2D eigenvalue weighted by molar-refractivity contribution is 9.10. The van der Waals surface area contributed by atoms with Crippen LogP contribution in [-0.4, -0.2) is 19.2 Å². The highest BCUT2D eigenvalue weighted by Crippen LogP contribution is 2.45. The number of carbonyl (C=O) groups excluding carboxylic acids is 1. The number of benzene rings is 2. The van der Waals surface area contributed by atoms with Gasteiger partial charge in [0, 0.05) is 4.47 Å². The van der Waals surface area contributed by atoms with E-state index in [1.807, 2.05) is 6.07 Å². The van der Waals surface area contributed by atoms with Crippen molar-refractivity contribution in [2.75, 3.05) is 18.1 Å². The van der Waals surface area contributed by atoms with E-state index in [1.165, 1.54) is 6.07 Å². The topological polar surface area (TPSA) is 38.8 Å². The maximum atomic E-state index is 13.2. The van der Waals surface area contributed by atoms with Crippen LogP contribution in [0.3, 0.4) is 0 Å². The minimum atomic E-state index is -4.59. The lowest BCUT2D eigenvalue weighted by atomic mass is 10.1. The zero-order chi connectivity index (χ0) is 18.0. The van der Waals surface area contributed by atoms with E-state index in [0.717, 1.165) is 16.5 Å². The van der Waals surface area contributed by atoms with E-state index in [2.05, 4.69) is 15.9 Å². The van der Waals surface area contributed by atoms with Crippen molar-refractivity contribution >= 4 is 27.7 Å². The molecule has 0 aliphatic carbocycles. The summed E-state index contributed by atoms with van der Waals surface area (Å²) < 4.78 is 50.3. The summed E-state index contributed by atoms with van der Waals surface area (Å²) in [7, 11) is 0. The molecule has 1 amide bonds. The number of carbonyl (C=O) groups is 1. The number of anilines is 1. The Morgan fingerprint density at radius 3 is 2.64 bits per heavy atom. The molecule has 0 radical (unpaired) electrons. The Morgan fingerprint density at radius 1 is 1.24 bits per heavy atom. The number of amides is 1. The molecule has 0 unspecified atom stereocenters. The molecule has 0 saturated carbocycles. The van der Waals surface area contributed by atoms with E-state index >= 15 is 0 Å². The molecule has 1 heterocycles. The SMILES string of the molecule is O=C(OCc1ccccc1)N1CCOc2c1cc(Br)cc2C(F)(F)F. The van der Waals surface area contributed by atoms with Crippen molar-refractivity contribution in [2.45, 2.75) is 12.8 Å². The average molecular weight is 416 g/mol. The summed E-state index contributed by atoms with van der Waals surface area (Å²) in [6.45, 7) is 0.0962. The van der Waals surface area contributed by atoms with E-state index in [4.69, 9.17) is 9.47 Å². The summed E-state index contributed by atoms with van der Waals surface area (Å²) in [6, 6.07) is 11.4. The molecule has 3 rings (SSSR count). The zero-order valence-electron chi connectivity index (χ0n) is 12.8. The highest BCUT2D eigenvalue weighted by Gasteiger charge is 2.39. The van der Waals surface area contributed by atoms with Crippen LogP contribution >= 0.6 is 15.9 Å². The maximum absolute atomic E-state index is 13.2. The molecular weight excluding hydrogens is 403 g/mol. The first-order chi connectivity index (χ1) is 11.9. The molecule has 1 aliphatic rings. The summed E-state index contributed by atoms with van der Waals surface area (Å²) in [4.78, 5) is 13.5. The van der Waals surface area contributed by atoms with Gasteiger partial charge in [-0.25, -0.2) is 4.79 Å². The lowest BCUT2D eigenvalue weighted by Crippen LogP contribution is -2.39. The van der Waals surface area contributed by atoms with E-state index < -0.39 is 17.8 Å². The first-order valence-electron chi connectivity index (χ1n) is 7.38. The van der Waals surface area contributed by atoms with Crippen molar-refractivity contribution in [3.8, 4) is 5.75 Å². The summed E-state index contributed by atoms with van der Waals surface area (Å²) in [5, 5.41) is 0. The normalized spacial score (nSPS) is 13.8. The third-order valence-corrected chi connectivity index (χ3v) is 4.07.